The van der Waals surface area contributed by atoms with Crippen molar-refractivity contribution < 1.29 is 38.1 Å². The van der Waals surface area contributed by atoms with E-state index in [-0.39, 0.29) is 56.9 Å². The van der Waals surface area contributed by atoms with Crippen molar-refractivity contribution in [3.8, 4) is 0 Å². The van der Waals surface area contributed by atoms with Crippen molar-refractivity contribution in [2.24, 2.45) is 5.92 Å². The lowest BCUT2D eigenvalue weighted by Crippen LogP contribution is -2.37. The van der Waals surface area contributed by atoms with Crippen molar-refractivity contribution in [2.75, 3.05) is 26.3 Å². The largest absolute Gasteiger partial charge is 0.457 e. The van der Waals surface area contributed by atoms with Crippen LogP contribution in [0.4, 0.5) is 0 Å². The predicted molar refractivity (Wildman–Crippen MR) is 99.6 cm³/mol. The number of esters is 2. The van der Waals surface area contributed by atoms with E-state index in [1.165, 1.54) is 0 Å². The summed E-state index contributed by atoms with van der Waals surface area (Å²) in [7, 11) is 0. The van der Waals surface area contributed by atoms with Crippen LogP contribution in [0, 0.1) is 5.92 Å². The summed E-state index contributed by atoms with van der Waals surface area (Å²) in [5.41, 5.74) is 0. The number of nitrogens with one attached hydrogen (secondary N) is 2. The summed E-state index contributed by atoms with van der Waals surface area (Å²) in [6.07, 6.45) is -1.70. The van der Waals surface area contributed by atoms with Crippen LogP contribution in [-0.2, 0) is 38.1 Å². The molecule has 0 aromatic rings. The maximum absolute atomic E-state index is 12.0. The van der Waals surface area contributed by atoms with Gasteiger partial charge >= 0.3 is 11.9 Å². The molecule has 2 amide bonds. The zero-order valence-electron chi connectivity index (χ0n) is 17.1. The molecule has 2 heterocycles. The van der Waals surface area contributed by atoms with E-state index >= 15 is 0 Å². The minimum Gasteiger partial charge on any atom is -0.457 e. The summed E-state index contributed by atoms with van der Waals surface area (Å²) >= 11 is 0. The van der Waals surface area contributed by atoms with Gasteiger partial charge in [-0.05, 0) is 0 Å². The van der Waals surface area contributed by atoms with Gasteiger partial charge in [0.1, 0.15) is 12.2 Å². The third-order valence-electron chi connectivity index (χ3n) is 4.65. The lowest BCUT2D eigenvalue weighted by atomic mass is 10.1. The fourth-order valence-electron chi connectivity index (χ4n) is 3.01. The van der Waals surface area contributed by atoms with Gasteiger partial charge < -0.3 is 29.6 Å². The van der Waals surface area contributed by atoms with Gasteiger partial charge in [-0.1, -0.05) is 20.8 Å². The molecule has 0 aliphatic carbocycles. The Bertz CT molecular complexity index is 609. The summed E-state index contributed by atoms with van der Waals surface area (Å²) in [4.78, 5) is 46.6. The van der Waals surface area contributed by atoms with Crippen LogP contribution < -0.4 is 10.6 Å². The molecule has 2 saturated heterocycles. The molecule has 2 rings (SSSR count). The van der Waals surface area contributed by atoms with E-state index in [2.05, 4.69) is 10.6 Å². The van der Waals surface area contributed by atoms with Crippen molar-refractivity contribution in [3.05, 3.63) is 0 Å². The maximum atomic E-state index is 12.0. The Morgan fingerprint density at radius 2 is 1.38 bits per heavy atom. The molecule has 0 spiro atoms. The molecule has 164 valence electrons. The summed E-state index contributed by atoms with van der Waals surface area (Å²) in [6.45, 7) is 5.99. The molecule has 2 aliphatic heterocycles. The van der Waals surface area contributed by atoms with Gasteiger partial charge in [-0.25, -0.2) is 0 Å². The highest BCUT2D eigenvalue weighted by molar-refractivity contribution is 5.78. The highest BCUT2D eigenvalue weighted by Gasteiger charge is 2.51. The lowest BCUT2D eigenvalue weighted by molar-refractivity contribution is -0.155. The molecule has 0 radical (unpaired) electrons. The van der Waals surface area contributed by atoms with Gasteiger partial charge in [0.05, 0.1) is 26.1 Å². The SMILES string of the molecule is CCC(=O)NCCC(=O)O[C@H]1CO[C@H]2[C@@H]1OC[C@@H]2OC(=O)CCNC(=O)C(C)C. The number of carbonyl (C=O) groups is 4. The average Bonchev–Trinajstić information content (AvgIpc) is 3.25. The topological polar surface area (TPSA) is 129 Å². The van der Waals surface area contributed by atoms with Gasteiger partial charge in [0.25, 0.3) is 0 Å². The Balaban J connectivity index is 1.69. The summed E-state index contributed by atoms with van der Waals surface area (Å²) in [5, 5.41) is 5.26. The Morgan fingerprint density at radius 1 is 0.897 bits per heavy atom. The van der Waals surface area contributed by atoms with Crippen LogP contribution in [0.1, 0.15) is 40.0 Å². The number of hydrogen-bond acceptors (Lipinski definition) is 8. The maximum Gasteiger partial charge on any atom is 0.308 e. The van der Waals surface area contributed by atoms with E-state index in [0.29, 0.717) is 6.42 Å². The first-order valence-electron chi connectivity index (χ1n) is 9.98. The van der Waals surface area contributed by atoms with Gasteiger partial charge in [-0.3, -0.25) is 19.2 Å². The van der Waals surface area contributed by atoms with Crippen LogP contribution in [0.2, 0.25) is 0 Å². The molecule has 4 atom stereocenters. The molecule has 0 aromatic carbocycles. The first-order valence-corrected chi connectivity index (χ1v) is 9.98. The van der Waals surface area contributed by atoms with E-state index in [1.54, 1.807) is 20.8 Å². The van der Waals surface area contributed by atoms with Crippen molar-refractivity contribution >= 4 is 23.8 Å². The average molecular weight is 414 g/mol. The summed E-state index contributed by atoms with van der Waals surface area (Å²) in [5.74, 6) is -1.32. The monoisotopic (exact) mass is 414 g/mol. The molecular weight excluding hydrogens is 384 g/mol. The van der Waals surface area contributed by atoms with Crippen LogP contribution in [0.25, 0.3) is 0 Å². The summed E-state index contributed by atoms with van der Waals surface area (Å²) in [6, 6.07) is 0. The molecule has 0 saturated carbocycles. The third kappa shape index (κ3) is 6.97. The first kappa shape index (κ1) is 23.1. The Kier molecular flexibility index (Phi) is 8.84. The molecule has 2 fully saturated rings. The molecule has 2 N–H and O–H groups in total. The van der Waals surface area contributed by atoms with Crippen LogP contribution >= 0.6 is 0 Å². The Labute approximate surface area is 169 Å². The zero-order chi connectivity index (χ0) is 21.4. The normalized spacial score (nSPS) is 25.4. The Morgan fingerprint density at radius 3 is 1.83 bits per heavy atom. The van der Waals surface area contributed by atoms with E-state index in [9.17, 15) is 19.2 Å². The fraction of sp³-hybridized carbons (Fsp3) is 0.789. The van der Waals surface area contributed by atoms with Crippen molar-refractivity contribution in [1.82, 2.24) is 10.6 Å². The highest BCUT2D eigenvalue weighted by atomic mass is 16.7. The quantitative estimate of drug-likeness (QED) is 0.466. The first-order chi connectivity index (χ1) is 13.8. The van der Waals surface area contributed by atoms with Crippen molar-refractivity contribution in [2.45, 2.75) is 64.4 Å². The number of hydrogen-bond donors (Lipinski definition) is 2. The number of fused-ring (bicyclic) bond motifs is 1. The molecule has 10 nitrogen and oxygen atoms in total. The van der Waals surface area contributed by atoms with E-state index in [1.807, 2.05) is 0 Å². The second kappa shape index (κ2) is 11.1. The smallest absolute Gasteiger partial charge is 0.308 e. The molecule has 2 aliphatic rings. The molecular formula is C19H30N2O8. The summed E-state index contributed by atoms with van der Waals surface area (Å²) < 4.78 is 22.0. The van der Waals surface area contributed by atoms with Crippen molar-refractivity contribution in [1.29, 1.82) is 0 Å². The minimum absolute atomic E-state index is 0.0498. The standard InChI is InChI=1S/C19H30N2O8/c1-4-14(22)20-7-5-15(23)28-12-9-26-18-13(10-27-17(12)18)29-16(24)6-8-21-19(25)11(2)3/h11-13,17-18H,4-10H2,1-3H3,(H,20,22)(H,21,25)/t12-,13-,17+,18+/m0/s1. The van der Waals surface area contributed by atoms with Gasteiger partial charge in [-0.15, -0.1) is 0 Å². The molecule has 10 heteroatoms. The molecule has 0 aromatic heterocycles. The molecule has 0 bridgehead atoms. The second-order valence-corrected chi connectivity index (χ2v) is 7.30. The van der Waals surface area contributed by atoms with Gasteiger partial charge in [0.15, 0.2) is 12.2 Å². The molecule has 0 unspecified atom stereocenters. The molecule has 29 heavy (non-hydrogen) atoms. The van der Waals surface area contributed by atoms with Crippen LogP contribution in [-0.4, -0.2) is 74.5 Å². The predicted octanol–water partition coefficient (Wildman–Crippen LogP) is -0.314. The van der Waals surface area contributed by atoms with E-state index in [4.69, 9.17) is 18.9 Å². The second-order valence-electron chi connectivity index (χ2n) is 7.30. The number of carbonyl (C=O) groups excluding carboxylic acids is 4. The van der Waals surface area contributed by atoms with Crippen molar-refractivity contribution in [3.63, 3.8) is 0 Å². The van der Waals surface area contributed by atoms with Crippen LogP contribution in [0.3, 0.4) is 0 Å². The van der Waals surface area contributed by atoms with Gasteiger partial charge in [0, 0.05) is 25.4 Å². The zero-order valence-corrected chi connectivity index (χ0v) is 17.1. The number of rotatable bonds is 10. The highest BCUT2D eigenvalue weighted by Crippen LogP contribution is 2.30. The number of ether oxygens (including phenoxy) is 4. The van der Waals surface area contributed by atoms with Crippen LogP contribution in [0.5, 0.6) is 0 Å². The van der Waals surface area contributed by atoms with Gasteiger partial charge in [0.2, 0.25) is 11.8 Å². The third-order valence-corrected chi connectivity index (χ3v) is 4.65. The number of amides is 2. The minimum atomic E-state index is -0.583. The van der Waals surface area contributed by atoms with E-state index < -0.39 is 36.4 Å². The lowest BCUT2D eigenvalue weighted by Gasteiger charge is -2.17. The fourth-order valence-corrected chi connectivity index (χ4v) is 3.01. The van der Waals surface area contributed by atoms with E-state index in [0.717, 1.165) is 0 Å². The Hall–Kier alpha value is -2.20. The van der Waals surface area contributed by atoms with Crippen LogP contribution in [0.15, 0.2) is 0 Å². The van der Waals surface area contributed by atoms with Gasteiger partial charge in [-0.2, -0.15) is 0 Å².